The summed E-state index contributed by atoms with van der Waals surface area (Å²) in [5.41, 5.74) is 4.84. The van der Waals surface area contributed by atoms with Crippen LogP contribution in [-0.2, 0) is 22.5 Å². The van der Waals surface area contributed by atoms with E-state index >= 15 is 0 Å². The molecule has 3 aromatic rings. The Morgan fingerprint density at radius 1 is 1.14 bits per heavy atom. The first-order valence-electron chi connectivity index (χ1n) is 13.1. The van der Waals surface area contributed by atoms with Crippen LogP contribution in [0.25, 0.3) is 0 Å². The van der Waals surface area contributed by atoms with Crippen LogP contribution in [0.5, 0.6) is 11.5 Å². The molecule has 1 aromatic heterocycles. The average molecular weight is 501 g/mol. The lowest BCUT2D eigenvalue weighted by Gasteiger charge is -2.33. The molecule has 37 heavy (non-hydrogen) atoms. The predicted octanol–water partition coefficient (Wildman–Crippen LogP) is 4.55. The first-order valence-corrected chi connectivity index (χ1v) is 13.1. The second-order valence-electron chi connectivity index (χ2n) is 9.69. The summed E-state index contributed by atoms with van der Waals surface area (Å²) in [7, 11) is 0. The van der Waals surface area contributed by atoms with Crippen molar-refractivity contribution in [3.63, 3.8) is 0 Å². The minimum atomic E-state index is -0.284. The fraction of sp³-hybridized carbons (Fsp3) is 0.379. The predicted molar refractivity (Wildman–Crippen MR) is 143 cm³/mol. The molecule has 192 valence electrons. The molecule has 1 fully saturated rings. The minimum Gasteiger partial charge on any atom is -0.493 e. The summed E-state index contributed by atoms with van der Waals surface area (Å²) >= 11 is 0. The van der Waals surface area contributed by atoms with Gasteiger partial charge in [0.2, 0.25) is 5.91 Å². The topological polar surface area (TPSA) is 76.2 Å². The van der Waals surface area contributed by atoms with E-state index in [9.17, 15) is 4.79 Å². The maximum atomic E-state index is 14.1. The molecule has 1 amide bonds. The number of nitrogens with one attached hydrogen (secondary N) is 1. The summed E-state index contributed by atoms with van der Waals surface area (Å²) in [6.07, 6.45) is 3.35. The molecule has 0 spiro atoms. The van der Waals surface area contributed by atoms with Crippen molar-refractivity contribution in [2.24, 2.45) is 5.92 Å². The number of carbonyl (C=O) groups excluding carboxylic acids is 1. The van der Waals surface area contributed by atoms with E-state index in [4.69, 9.17) is 14.2 Å². The van der Waals surface area contributed by atoms with Crippen molar-refractivity contribution in [1.82, 2.24) is 4.98 Å². The molecule has 8 nitrogen and oxygen atoms in total. The Labute approximate surface area is 217 Å². The summed E-state index contributed by atoms with van der Waals surface area (Å²) in [5, 5.41) is 3.47. The van der Waals surface area contributed by atoms with Gasteiger partial charge >= 0.3 is 0 Å². The molecule has 1 unspecified atom stereocenters. The number of carbonyl (C=O) groups is 1. The van der Waals surface area contributed by atoms with Crippen molar-refractivity contribution >= 4 is 28.8 Å². The summed E-state index contributed by atoms with van der Waals surface area (Å²) < 4.78 is 17.4. The van der Waals surface area contributed by atoms with Gasteiger partial charge in [0.05, 0.1) is 43.7 Å². The minimum absolute atomic E-state index is 0.0517. The molecule has 2 aromatic carbocycles. The fourth-order valence-corrected chi connectivity index (χ4v) is 5.17. The Hall–Kier alpha value is -3.78. The number of fused-ring (bicyclic) bond motifs is 3. The number of ether oxygens (including phenoxy) is 3. The zero-order valence-corrected chi connectivity index (χ0v) is 21.1. The van der Waals surface area contributed by atoms with Gasteiger partial charge in [-0.3, -0.25) is 4.79 Å². The second-order valence-corrected chi connectivity index (χ2v) is 9.69. The lowest BCUT2D eigenvalue weighted by Crippen LogP contribution is -2.41. The molecule has 0 saturated carbocycles. The Kier molecular flexibility index (Phi) is 6.57. The molecule has 0 radical (unpaired) electrons. The van der Waals surface area contributed by atoms with Crippen LogP contribution in [-0.4, -0.2) is 50.4 Å². The summed E-state index contributed by atoms with van der Waals surface area (Å²) in [4.78, 5) is 22.9. The number of pyridine rings is 1. The number of anilines is 4. The third-order valence-electron chi connectivity index (χ3n) is 7.15. The number of nitrogens with zero attached hydrogens (tertiary/aromatic N) is 3. The van der Waals surface area contributed by atoms with Gasteiger partial charge in [-0.05, 0) is 48.7 Å². The number of morpholine rings is 1. The van der Waals surface area contributed by atoms with E-state index in [1.807, 2.05) is 35.2 Å². The average Bonchev–Trinajstić information content (AvgIpc) is 3.12. The van der Waals surface area contributed by atoms with Crippen molar-refractivity contribution in [3.8, 4) is 11.5 Å². The summed E-state index contributed by atoms with van der Waals surface area (Å²) in [5.74, 6) is 2.16. The van der Waals surface area contributed by atoms with E-state index in [1.54, 1.807) is 6.20 Å². The molecule has 8 heteroatoms. The molecule has 6 rings (SSSR count). The smallest absolute Gasteiger partial charge is 0.234 e. The van der Waals surface area contributed by atoms with Gasteiger partial charge in [0.15, 0.2) is 0 Å². The van der Waals surface area contributed by atoms with Gasteiger partial charge in [-0.25, -0.2) is 4.98 Å². The SMILES string of the molecule is CCCOc1ccc2c(c1)OCC(C(=O)N1Cc3cccnc3Nc3ccc(N4CCOCC4)cc31)C2. The van der Waals surface area contributed by atoms with Crippen LogP contribution in [0.3, 0.4) is 0 Å². The van der Waals surface area contributed by atoms with E-state index in [-0.39, 0.29) is 11.8 Å². The van der Waals surface area contributed by atoms with Crippen molar-refractivity contribution in [1.29, 1.82) is 0 Å². The Morgan fingerprint density at radius 3 is 2.89 bits per heavy atom. The normalized spacial score (nSPS) is 18.5. The Morgan fingerprint density at radius 2 is 2.03 bits per heavy atom. The zero-order chi connectivity index (χ0) is 25.2. The van der Waals surface area contributed by atoms with Gasteiger partial charge in [0, 0.05) is 36.6 Å². The van der Waals surface area contributed by atoms with E-state index in [2.05, 4.69) is 40.3 Å². The monoisotopic (exact) mass is 500 g/mol. The van der Waals surface area contributed by atoms with E-state index < -0.39 is 0 Å². The van der Waals surface area contributed by atoms with Crippen LogP contribution in [0.15, 0.2) is 54.7 Å². The van der Waals surface area contributed by atoms with E-state index in [1.165, 1.54) is 0 Å². The molecular weight excluding hydrogens is 468 g/mol. The molecular formula is C29H32N4O4. The summed E-state index contributed by atoms with van der Waals surface area (Å²) in [6, 6.07) is 16.1. The number of aromatic nitrogens is 1. The number of hydrogen-bond acceptors (Lipinski definition) is 7. The second kappa shape index (κ2) is 10.3. The third-order valence-corrected chi connectivity index (χ3v) is 7.15. The molecule has 0 aliphatic carbocycles. The lowest BCUT2D eigenvalue weighted by atomic mass is 9.95. The van der Waals surface area contributed by atoms with Crippen LogP contribution in [0.4, 0.5) is 22.9 Å². The van der Waals surface area contributed by atoms with Gasteiger partial charge in [-0.1, -0.05) is 19.1 Å². The standard InChI is InChI=1S/C29H32N4O4/c1-2-12-36-24-7-5-20-15-22(19-37-27(20)17-24)29(34)33-18-21-4-3-9-30-28(21)31-25-8-6-23(16-26(25)33)32-10-13-35-14-11-32/h3-9,16-17,22H,2,10-15,18-19H2,1H3,(H,30,31). The maximum absolute atomic E-state index is 14.1. The molecule has 1 atom stereocenters. The van der Waals surface area contributed by atoms with E-state index in [0.29, 0.717) is 39.4 Å². The highest BCUT2D eigenvalue weighted by atomic mass is 16.5. The Balaban J connectivity index is 1.30. The molecule has 1 N–H and O–H groups in total. The zero-order valence-electron chi connectivity index (χ0n) is 21.1. The number of amides is 1. The number of benzene rings is 2. The van der Waals surface area contributed by atoms with Gasteiger partial charge in [0.25, 0.3) is 0 Å². The molecule has 1 saturated heterocycles. The Bertz CT molecular complexity index is 1290. The molecule has 4 heterocycles. The lowest BCUT2D eigenvalue weighted by molar-refractivity contribution is -0.123. The van der Waals surface area contributed by atoms with Crippen molar-refractivity contribution in [2.75, 3.05) is 54.6 Å². The van der Waals surface area contributed by atoms with Crippen LogP contribution >= 0.6 is 0 Å². The van der Waals surface area contributed by atoms with Crippen molar-refractivity contribution in [2.45, 2.75) is 26.3 Å². The summed E-state index contributed by atoms with van der Waals surface area (Å²) in [6.45, 7) is 6.62. The van der Waals surface area contributed by atoms with Gasteiger partial charge in [-0.2, -0.15) is 0 Å². The van der Waals surface area contributed by atoms with Gasteiger partial charge in [-0.15, -0.1) is 0 Å². The highest BCUT2D eigenvalue weighted by Crippen LogP contribution is 2.40. The fourth-order valence-electron chi connectivity index (χ4n) is 5.17. The number of rotatable bonds is 5. The van der Waals surface area contributed by atoms with E-state index in [0.717, 1.165) is 65.0 Å². The quantitative estimate of drug-likeness (QED) is 0.551. The highest BCUT2D eigenvalue weighted by molar-refractivity contribution is 6.00. The molecule has 3 aliphatic rings. The van der Waals surface area contributed by atoms with Crippen molar-refractivity contribution in [3.05, 3.63) is 65.9 Å². The first-order chi connectivity index (χ1) is 18.2. The van der Waals surface area contributed by atoms with Crippen LogP contribution in [0.1, 0.15) is 24.5 Å². The third kappa shape index (κ3) is 4.81. The largest absolute Gasteiger partial charge is 0.493 e. The maximum Gasteiger partial charge on any atom is 0.234 e. The van der Waals surface area contributed by atoms with Gasteiger partial charge < -0.3 is 29.3 Å². The van der Waals surface area contributed by atoms with Crippen molar-refractivity contribution < 1.29 is 19.0 Å². The van der Waals surface area contributed by atoms with Crippen LogP contribution in [0.2, 0.25) is 0 Å². The molecule has 0 bridgehead atoms. The number of hydrogen-bond donors (Lipinski definition) is 1. The van der Waals surface area contributed by atoms with Gasteiger partial charge in [0.1, 0.15) is 23.9 Å². The van der Waals surface area contributed by atoms with Crippen LogP contribution < -0.4 is 24.6 Å². The highest BCUT2D eigenvalue weighted by Gasteiger charge is 2.33. The van der Waals surface area contributed by atoms with Crippen LogP contribution in [0, 0.1) is 5.92 Å². The first kappa shape index (κ1) is 23.6. The molecule has 3 aliphatic heterocycles.